The predicted molar refractivity (Wildman–Crippen MR) is 87.0 cm³/mol. The lowest BCUT2D eigenvalue weighted by Crippen LogP contribution is -2.20. The number of fused-ring (bicyclic) bond motifs is 3. The Balaban J connectivity index is 2.05. The highest BCUT2D eigenvalue weighted by Gasteiger charge is 2.22. The Morgan fingerprint density at radius 2 is 2.25 bits per heavy atom. The van der Waals surface area contributed by atoms with Crippen molar-refractivity contribution in [3.8, 4) is 0 Å². The SMILES string of the molecule is CC(C)=CCSc1nc2sc3c(c2c(=O)n1C)CCC3. The van der Waals surface area contributed by atoms with Gasteiger partial charge in [-0.25, -0.2) is 4.98 Å². The van der Waals surface area contributed by atoms with Crippen molar-refractivity contribution in [2.24, 2.45) is 7.05 Å². The topological polar surface area (TPSA) is 34.9 Å². The molecule has 5 heteroatoms. The Morgan fingerprint density at radius 3 is 3.00 bits per heavy atom. The summed E-state index contributed by atoms with van der Waals surface area (Å²) in [5, 5.41) is 1.69. The van der Waals surface area contributed by atoms with E-state index in [-0.39, 0.29) is 5.56 Å². The van der Waals surface area contributed by atoms with E-state index in [2.05, 4.69) is 19.9 Å². The van der Waals surface area contributed by atoms with Crippen molar-refractivity contribution in [2.75, 3.05) is 5.75 Å². The van der Waals surface area contributed by atoms with Gasteiger partial charge in [0.25, 0.3) is 5.56 Å². The normalized spacial score (nSPS) is 13.8. The number of rotatable bonds is 3. The molecule has 0 radical (unpaired) electrons. The molecule has 1 aliphatic carbocycles. The van der Waals surface area contributed by atoms with Gasteiger partial charge in [0.1, 0.15) is 4.83 Å². The van der Waals surface area contributed by atoms with Crippen molar-refractivity contribution in [1.82, 2.24) is 9.55 Å². The summed E-state index contributed by atoms with van der Waals surface area (Å²) in [5.74, 6) is 0.860. The van der Waals surface area contributed by atoms with Crippen molar-refractivity contribution in [3.05, 3.63) is 32.4 Å². The minimum Gasteiger partial charge on any atom is -0.290 e. The van der Waals surface area contributed by atoms with E-state index in [0.717, 1.165) is 34.0 Å². The third-order valence-electron chi connectivity index (χ3n) is 3.61. The largest absolute Gasteiger partial charge is 0.290 e. The van der Waals surface area contributed by atoms with Crippen LogP contribution in [-0.2, 0) is 19.9 Å². The van der Waals surface area contributed by atoms with Crippen molar-refractivity contribution in [2.45, 2.75) is 38.3 Å². The first-order valence-electron chi connectivity index (χ1n) is 6.85. The number of allylic oxidation sites excluding steroid dienone is 1. The quantitative estimate of drug-likeness (QED) is 0.494. The molecule has 106 valence electrons. The van der Waals surface area contributed by atoms with Crippen LogP contribution >= 0.6 is 23.1 Å². The van der Waals surface area contributed by atoms with Gasteiger partial charge in [-0.3, -0.25) is 9.36 Å². The molecule has 0 unspecified atom stereocenters. The summed E-state index contributed by atoms with van der Waals surface area (Å²) in [6.45, 7) is 4.17. The summed E-state index contributed by atoms with van der Waals surface area (Å²) in [5.41, 5.74) is 2.67. The highest BCUT2D eigenvalue weighted by molar-refractivity contribution is 7.99. The molecule has 0 spiro atoms. The minimum absolute atomic E-state index is 0.120. The number of thiophene rings is 1. The summed E-state index contributed by atoms with van der Waals surface area (Å²) < 4.78 is 1.71. The van der Waals surface area contributed by atoms with Crippen LogP contribution in [0.5, 0.6) is 0 Å². The lowest BCUT2D eigenvalue weighted by atomic mass is 10.2. The minimum atomic E-state index is 0.120. The van der Waals surface area contributed by atoms with Crippen molar-refractivity contribution in [1.29, 1.82) is 0 Å². The Hall–Kier alpha value is -1.07. The Morgan fingerprint density at radius 1 is 1.45 bits per heavy atom. The van der Waals surface area contributed by atoms with Crippen LogP contribution in [-0.4, -0.2) is 15.3 Å². The van der Waals surface area contributed by atoms with Crippen molar-refractivity contribution < 1.29 is 0 Å². The third kappa shape index (κ3) is 2.33. The maximum Gasteiger partial charge on any atom is 0.262 e. The molecule has 0 N–H and O–H groups in total. The van der Waals surface area contributed by atoms with E-state index in [1.807, 2.05) is 7.05 Å². The van der Waals surface area contributed by atoms with Gasteiger partial charge in [-0.1, -0.05) is 23.4 Å². The molecule has 0 atom stereocenters. The molecule has 2 heterocycles. The van der Waals surface area contributed by atoms with Gasteiger partial charge in [0, 0.05) is 17.7 Å². The van der Waals surface area contributed by atoms with Gasteiger partial charge < -0.3 is 0 Å². The van der Waals surface area contributed by atoms with Gasteiger partial charge in [-0.15, -0.1) is 11.3 Å². The molecule has 20 heavy (non-hydrogen) atoms. The van der Waals surface area contributed by atoms with Crippen LogP contribution in [0.3, 0.4) is 0 Å². The van der Waals surface area contributed by atoms with Gasteiger partial charge in [0.2, 0.25) is 0 Å². The highest BCUT2D eigenvalue weighted by Crippen LogP contribution is 2.35. The van der Waals surface area contributed by atoms with Crippen LogP contribution < -0.4 is 5.56 Å². The molecule has 0 aliphatic heterocycles. The van der Waals surface area contributed by atoms with Gasteiger partial charge in [-0.05, 0) is 38.7 Å². The number of thioether (sulfide) groups is 1. The molecule has 2 aromatic heterocycles. The zero-order chi connectivity index (χ0) is 14.3. The number of aromatic nitrogens is 2. The molecule has 0 saturated heterocycles. The molecule has 0 saturated carbocycles. The lowest BCUT2D eigenvalue weighted by molar-refractivity contribution is 0.727. The molecule has 1 aliphatic rings. The second kappa shape index (κ2) is 5.37. The van der Waals surface area contributed by atoms with Crippen molar-refractivity contribution >= 4 is 33.3 Å². The van der Waals surface area contributed by atoms with Crippen LogP contribution in [0.25, 0.3) is 10.2 Å². The Kier molecular flexibility index (Phi) is 3.73. The smallest absolute Gasteiger partial charge is 0.262 e. The van der Waals surface area contributed by atoms with E-state index in [1.54, 1.807) is 27.7 Å². The molecule has 0 amide bonds. The van der Waals surface area contributed by atoms with Gasteiger partial charge >= 0.3 is 0 Å². The first kappa shape index (κ1) is 13.9. The Bertz CT molecular complexity index is 751. The monoisotopic (exact) mass is 306 g/mol. The van der Waals surface area contributed by atoms with Crippen LogP contribution in [0.1, 0.15) is 30.7 Å². The molecule has 0 fully saturated rings. The fourth-order valence-corrected chi connectivity index (χ4v) is 4.83. The molecule has 3 rings (SSSR count). The standard InChI is InChI=1S/C15H18N2OS2/c1-9(2)7-8-19-15-16-13-12(14(18)17(15)3)10-5-4-6-11(10)20-13/h7H,4-6,8H2,1-3H3. The van der Waals surface area contributed by atoms with Gasteiger partial charge in [-0.2, -0.15) is 0 Å². The van der Waals surface area contributed by atoms with E-state index in [9.17, 15) is 4.79 Å². The summed E-state index contributed by atoms with van der Waals surface area (Å²) in [4.78, 5) is 19.6. The summed E-state index contributed by atoms with van der Waals surface area (Å²) in [6, 6.07) is 0. The van der Waals surface area contributed by atoms with Gasteiger partial charge in [0.15, 0.2) is 5.16 Å². The molecular weight excluding hydrogens is 288 g/mol. The molecule has 0 bridgehead atoms. The fraction of sp³-hybridized carbons (Fsp3) is 0.467. The first-order valence-corrected chi connectivity index (χ1v) is 8.65. The van der Waals surface area contributed by atoms with E-state index >= 15 is 0 Å². The second-order valence-corrected chi connectivity index (χ2v) is 7.46. The molecule has 3 nitrogen and oxygen atoms in total. The first-order chi connectivity index (χ1) is 9.58. The van der Waals surface area contributed by atoms with E-state index in [1.165, 1.54) is 22.4 Å². The van der Waals surface area contributed by atoms with Crippen LogP contribution in [0.2, 0.25) is 0 Å². The van der Waals surface area contributed by atoms with Crippen molar-refractivity contribution in [3.63, 3.8) is 0 Å². The third-order valence-corrected chi connectivity index (χ3v) is 5.75. The Labute approximate surface area is 126 Å². The van der Waals surface area contributed by atoms with E-state index < -0.39 is 0 Å². The maximum atomic E-state index is 12.6. The van der Waals surface area contributed by atoms with E-state index in [0.29, 0.717) is 0 Å². The second-order valence-electron chi connectivity index (χ2n) is 5.39. The predicted octanol–water partition coefficient (Wildman–Crippen LogP) is 3.54. The number of hydrogen-bond acceptors (Lipinski definition) is 4. The van der Waals surface area contributed by atoms with Crippen LogP contribution in [0.4, 0.5) is 0 Å². The zero-order valence-electron chi connectivity index (χ0n) is 12.0. The van der Waals surface area contributed by atoms with E-state index in [4.69, 9.17) is 4.98 Å². The van der Waals surface area contributed by atoms with Crippen LogP contribution in [0, 0.1) is 0 Å². The summed E-state index contributed by atoms with van der Waals surface area (Å²) >= 11 is 3.34. The molecule has 2 aromatic rings. The zero-order valence-corrected chi connectivity index (χ0v) is 13.7. The average Bonchev–Trinajstić information content (AvgIpc) is 2.94. The van der Waals surface area contributed by atoms with Gasteiger partial charge in [0.05, 0.1) is 5.39 Å². The number of nitrogens with zero attached hydrogens (tertiary/aromatic N) is 2. The number of hydrogen-bond donors (Lipinski definition) is 0. The molecule has 0 aromatic carbocycles. The fourth-order valence-electron chi connectivity index (χ4n) is 2.52. The van der Waals surface area contributed by atoms with Crippen LogP contribution in [0.15, 0.2) is 21.6 Å². The summed E-state index contributed by atoms with van der Waals surface area (Å²) in [7, 11) is 1.83. The molecular formula is C15H18N2OS2. The maximum absolute atomic E-state index is 12.6. The lowest BCUT2D eigenvalue weighted by Gasteiger charge is -2.06. The number of aryl methyl sites for hydroxylation is 2. The average molecular weight is 306 g/mol. The summed E-state index contributed by atoms with van der Waals surface area (Å²) in [6.07, 6.45) is 5.49. The highest BCUT2D eigenvalue weighted by atomic mass is 32.2.